The van der Waals surface area contributed by atoms with Crippen molar-refractivity contribution in [1.29, 1.82) is 0 Å². The van der Waals surface area contributed by atoms with Gasteiger partial charge in [-0.05, 0) is 47.2 Å². The first-order valence-corrected chi connectivity index (χ1v) is 12.7. The fourth-order valence-electron chi connectivity index (χ4n) is 4.17. The minimum atomic E-state index is -2.51. The van der Waals surface area contributed by atoms with Crippen LogP contribution < -0.4 is 10.6 Å². The molecule has 0 spiro atoms. The van der Waals surface area contributed by atoms with E-state index < -0.39 is 30.6 Å². The van der Waals surface area contributed by atoms with Crippen LogP contribution in [0.1, 0.15) is 18.5 Å². The number of thiophene rings is 1. The topological polar surface area (TPSA) is 80.5 Å². The highest BCUT2D eigenvalue weighted by molar-refractivity contribution is 7.22. The Hall–Kier alpha value is -3.90. The van der Waals surface area contributed by atoms with Gasteiger partial charge in [0.05, 0.1) is 30.4 Å². The molecule has 1 atom stereocenters. The fourth-order valence-corrected chi connectivity index (χ4v) is 5.34. The summed E-state index contributed by atoms with van der Waals surface area (Å²) in [7, 11) is 0. The molecule has 0 saturated heterocycles. The zero-order chi connectivity index (χ0) is 26.6. The summed E-state index contributed by atoms with van der Waals surface area (Å²) >= 11 is 1.32. The summed E-state index contributed by atoms with van der Waals surface area (Å²) in [5.41, 5.74) is 2.12. The van der Waals surface area contributed by atoms with Crippen LogP contribution in [0.5, 0.6) is 0 Å². The lowest BCUT2D eigenvalue weighted by Gasteiger charge is -2.19. The first-order valence-electron chi connectivity index (χ1n) is 11.8. The molecule has 7 nitrogen and oxygen atoms in total. The van der Waals surface area contributed by atoms with Gasteiger partial charge in [0, 0.05) is 23.5 Å². The molecule has 0 amide bonds. The molecular weight excluding hydrogens is 518 g/mol. The lowest BCUT2D eigenvalue weighted by Crippen LogP contribution is -2.25. The molecule has 0 radical (unpaired) electrons. The van der Waals surface area contributed by atoms with Crippen LogP contribution in [0.25, 0.3) is 31.8 Å². The molecule has 0 saturated carbocycles. The summed E-state index contributed by atoms with van der Waals surface area (Å²) in [5, 5.41) is 14.3. The number of hydrogen-bond donors (Lipinski definition) is 2. The highest BCUT2D eigenvalue weighted by atomic mass is 32.1. The van der Waals surface area contributed by atoms with E-state index in [1.807, 2.05) is 24.3 Å². The average molecular weight is 542 g/mol. The molecule has 0 bridgehead atoms. The van der Waals surface area contributed by atoms with Crippen LogP contribution >= 0.6 is 11.3 Å². The number of nitrogens with zero attached hydrogens (tertiary/aromatic N) is 5. The van der Waals surface area contributed by atoms with E-state index in [0.29, 0.717) is 29.1 Å². The van der Waals surface area contributed by atoms with E-state index in [4.69, 9.17) is 0 Å². The van der Waals surface area contributed by atoms with E-state index in [1.165, 1.54) is 23.5 Å². The van der Waals surface area contributed by atoms with Crippen molar-refractivity contribution >= 4 is 27.4 Å². The smallest absolute Gasteiger partial charge is 0.250 e. The maximum atomic E-state index is 14.8. The number of nitrogens with one attached hydrogen (secondary N) is 2. The Morgan fingerprint density at radius 3 is 2.74 bits per heavy atom. The third-order valence-corrected chi connectivity index (χ3v) is 7.16. The molecule has 196 valence electrons. The first kappa shape index (κ1) is 25.7. The zero-order valence-corrected chi connectivity index (χ0v) is 21.0. The molecule has 3 aromatic heterocycles. The summed E-state index contributed by atoms with van der Waals surface area (Å²) in [6.45, 7) is 2.27. The van der Waals surface area contributed by atoms with Gasteiger partial charge in [-0.25, -0.2) is 27.5 Å². The second-order valence-electron chi connectivity index (χ2n) is 8.57. The van der Waals surface area contributed by atoms with Crippen LogP contribution in [0.3, 0.4) is 0 Å². The number of fused-ring (bicyclic) bond motifs is 1. The van der Waals surface area contributed by atoms with Gasteiger partial charge in [-0.3, -0.25) is 4.68 Å². The van der Waals surface area contributed by atoms with E-state index in [2.05, 4.69) is 30.9 Å². The molecule has 3 heterocycles. The monoisotopic (exact) mass is 541 g/mol. The van der Waals surface area contributed by atoms with Gasteiger partial charge in [0.15, 0.2) is 5.82 Å². The van der Waals surface area contributed by atoms with Gasteiger partial charge in [-0.1, -0.05) is 29.5 Å². The molecule has 0 aliphatic rings. The number of hydrogen-bond acceptors (Lipinski definition) is 7. The van der Waals surface area contributed by atoms with Crippen molar-refractivity contribution in [2.24, 2.45) is 0 Å². The highest BCUT2D eigenvalue weighted by Crippen LogP contribution is 2.41. The fraction of sp³-hybridized carbons (Fsp3) is 0.231. The highest BCUT2D eigenvalue weighted by Gasteiger charge is 2.19. The van der Waals surface area contributed by atoms with Crippen LogP contribution in [-0.2, 0) is 6.54 Å². The van der Waals surface area contributed by atoms with Crippen molar-refractivity contribution in [2.45, 2.75) is 25.9 Å². The lowest BCUT2D eigenvalue weighted by atomic mass is 9.94. The Bertz CT molecular complexity index is 1540. The largest absolute Gasteiger partial charge is 0.352 e. The Kier molecular flexibility index (Phi) is 7.61. The van der Waals surface area contributed by atoms with E-state index in [9.17, 15) is 17.6 Å². The van der Waals surface area contributed by atoms with Crippen LogP contribution in [0.15, 0.2) is 61.1 Å². The predicted octanol–water partition coefficient (Wildman–Crippen LogP) is 5.92. The van der Waals surface area contributed by atoms with Crippen molar-refractivity contribution in [3.63, 3.8) is 0 Å². The normalized spacial score (nSPS) is 12.4. The average Bonchev–Trinajstić information content (AvgIpc) is 3.58. The molecule has 38 heavy (non-hydrogen) atoms. The summed E-state index contributed by atoms with van der Waals surface area (Å²) in [6.07, 6.45) is 1.92. The molecule has 12 heteroatoms. The lowest BCUT2D eigenvalue weighted by molar-refractivity contribution is 0.142. The Morgan fingerprint density at radius 2 is 1.95 bits per heavy atom. The molecule has 0 aliphatic carbocycles. The van der Waals surface area contributed by atoms with Gasteiger partial charge < -0.3 is 10.6 Å². The summed E-state index contributed by atoms with van der Waals surface area (Å²) < 4.78 is 57.2. The Balaban J connectivity index is 1.48. The zero-order valence-electron chi connectivity index (χ0n) is 20.2. The summed E-state index contributed by atoms with van der Waals surface area (Å²) in [5.74, 6) is -0.746. The van der Waals surface area contributed by atoms with Crippen molar-refractivity contribution in [3.05, 3.63) is 78.3 Å². The number of aromatic nitrogens is 5. The van der Waals surface area contributed by atoms with Gasteiger partial charge in [0.2, 0.25) is 5.95 Å². The maximum Gasteiger partial charge on any atom is 0.250 e. The van der Waals surface area contributed by atoms with Crippen LogP contribution in [0.2, 0.25) is 0 Å². The van der Waals surface area contributed by atoms with Gasteiger partial charge in [0.25, 0.3) is 6.43 Å². The number of rotatable bonds is 10. The summed E-state index contributed by atoms with van der Waals surface area (Å²) in [6, 6.07) is 11.2. The first-order chi connectivity index (χ1) is 18.4. The predicted molar refractivity (Wildman–Crippen MR) is 139 cm³/mol. The number of anilines is 1. The minimum Gasteiger partial charge on any atom is -0.352 e. The van der Waals surface area contributed by atoms with Gasteiger partial charge in [-0.2, -0.15) is 0 Å². The maximum absolute atomic E-state index is 14.8. The van der Waals surface area contributed by atoms with E-state index >= 15 is 0 Å². The van der Waals surface area contributed by atoms with Crippen molar-refractivity contribution in [1.82, 2.24) is 30.3 Å². The Morgan fingerprint density at radius 1 is 1.08 bits per heavy atom. The van der Waals surface area contributed by atoms with Crippen LogP contribution in [-0.4, -0.2) is 44.5 Å². The molecule has 0 aliphatic heterocycles. The van der Waals surface area contributed by atoms with Gasteiger partial charge >= 0.3 is 0 Å². The minimum absolute atomic E-state index is 0.141. The summed E-state index contributed by atoms with van der Waals surface area (Å²) in [4.78, 5) is 9.00. The molecule has 1 unspecified atom stereocenters. The van der Waals surface area contributed by atoms with Gasteiger partial charge in [0.1, 0.15) is 11.5 Å². The molecule has 5 aromatic rings. The van der Waals surface area contributed by atoms with Crippen molar-refractivity contribution < 1.29 is 17.6 Å². The van der Waals surface area contributed by atoms with Crippen LogP contribution in [0.4, 0.5) is 23.5 Å². The van der Waals surface area contributed by atoms with E-state index in [0.717, 1.165) is 21.8 Å². The van der Waals surface area contributed by atoms with Crippen molar-refractivity contribution in [3.8, 4) is 21.7 Å². The molecule has 2 N–H and O–H groups in total. The molecule has 2 aromatic carbocycles. The van der Waals surface area contributed by atoms with E-state index in [1.54, 1.807) is 30.1 Å². The second kappa shape index (κ2) is 11.2. The Labute approximate surface area is 219 Å². The quantitative estimate of drug-likeness (QED) is 0.214. The van der Waals surface area contributed by atoms with Crippen LogP contribution in [0, 0.1) is 11.6 Å². The number of alkyl halides is 2. The standard InChI is InChI=1S/C26H23F4N7S/c1-15(32-14-23(29)30)18-6-5-17(27)12-20(18)19-4-2-3-16-11-22(38-25(16)19)24-21(28)13-33-26(35-24)31-7-9-37-10-8-34-36-37/h2-6,8,10-13,15,23,32H,7,9,14H2,1H3,(H,31,33,35). The third kappa shape index (κ3) is 5.65. The third-order valence-electron chi connectivity index (χ3n) is 5.97. The van der Waals surface area contributed by atoms with E-state index in [-0.39, 0.29) is 11.6 Å². The van der Waals surface area contributed by atoms with Crippen molar-refractivity contribution in [2.75, 3.05) is 18.4 Å². The van der Waals surface area contributed by atoms with Gasteiger partial charge in [-0.15, -0.1) is 16.4 Å². The number of halogens is 4. The number of benzene rings is 2. The second-order valence-corrected chi connectivity index (χ2v) is 9.62. The molecular formula is C26H23F4N7S. The molecule has 0 fully saturated rings. The SMILES string of the molecule is CC(NCC(F)F)c1ccc(F)cc1-c1cccc2cc(-c3nc(NCCn4ccnn4)ncc3F)sc12. The molecule has 5 rings (SSSR count).